The van der Waals surface area contributed by atoms with E-state index >= 15 is 0 Å². The van der Waals surface area contributed by atoms with Crippen LogP contribution in [0, 0.1) is 0 Å². The highest BCUT2D eigenvalue weighted by Crippen LogP contribution is 2.28. The number of nitrogens with one attached hydrogen (secondary N) is 4. The number of alkyl carbamates (subject to hydrolysis) is 1. The van der Waals surface area contributed by atoms with Crippen molar-refractivity contribution >= 4 is 41.5 Å². The summed E-state index contributed by atoms with van der Waals surface area (Å²) in [4.78, 5) is 65.1. The normalized spacial score (nSPS) is 14.2. The van der Waals surface area contributed by atoms with Crippen LogP contribution in [-0.2, 0) is 43.7 Å². The van der Waals surface area contributed by atoms with Crippen molar-refractivity contribution in [2.75, 3.05) is 25.3 Å². The van der Waals surface area contributed by atoms with Crippen LogP contribution in [-0.4, -0.2) is 90.6 Å². The lowest BCUT2D eigenvalue weighted by Crippen LogP contribution is -2.61. The van der Waals surface area contributed by atoms with Crippen molar-refractivity contribution in [3.63, 3.8) is 0 Å². The standard InChI is InChI=1S/C38H56N4O9S/c1-24(50-37(6,7)8)31(33(45)40-29(34(46)48-11)21-49-36(3,4)5)42-32(44)30(22-52-23-39-25(2)43)41-35(47)51-38(9,10)28-19-17-27(18-20-28)26-15-13-12-14-16-26/h12-20,24,29-31H,21-23H2,1-11H3,(H,39,43)(H,40,45)(H,41,47)(H,42,44). The molecule has 4 unspecified atom stereocenters. The summed E-state index contributed by atoms with van der Waals surface area (Å²) < 4.78 is 22.5. The van der Waals surface area contributed by atoms with Crippen LogP contribution < -0.4 is 21.3 Å². The largest absolute Gasteiger partial charge is 0.467 e. The Morgan fingerprint density at radius 2 is 1.35 bits per heavy atom. The minimum Gasteiger partial charge on any atom is -0.467 e. The van der Waals surface area contributed by atoms with Crippen LogP contribution in [0.3, 0.4) is 0 Å². The predicted molar refractivity (Wildman–Crippen MR) is 201 cm³/mol. The molecule has 52 heavy (non-hydrogen) atoms. The smallest absolute Gasteiger partial charge is 0.408 e. The van der Waals surface area contributed by atoms with E-state index in [0.29, 0.717) is 0 Å². The molecule has 4 amide bonds. The Kier molecular flexibility index (Phi) is 16.6. The highest BCUT2D eigenvalue weighted by atomic mass is 32.2. The third-order valence-electron chi connectivity index (χ3n) is 7.43. The number of thioether (sulfide) groups is 1. The van der Waals surface area contributed by atoms with Gasteiger partial charge < -0.3 is 40.2 Å². The average molecular weight is 745 g/mol. The summed E-state index contributed by atoms with van der Waals surface area (Å²) in [6.45, 7) is 17.1. The Labute approximate surface area is 312 Å². The van der Waals surface area contributed by atoms with Gasteiger partial charge in [-0.25, -0.2) is 9.59 Å². The minimum atomic E-state index is -1.31. The summed E-state index contributed by atoms with van der Waals surface area (Å²) in [5.41, 5.74) is 0.365. The van der Waals surface area contributed by atoms with Crippen molar-refractivity contribution in [3.8, 4) is 11.1 Å². The molecule has 0 radical (unpaired) electrons. The first-order valence-electron chi connectivity index (χ1n) is 17.1. The van der Waals surface area contributed by atoms with Gasteiger partial charge in [0.15, 0.2) is 6.04 Å². The molecule has 14 heteroatoms. The van der Waals surface area contributed by atoms with Gasteiger partial charge in [-0.15, -0.1) is 11.8 Å². The quantitative estimate of drug-likeness (QED) is 0.101. The summed E-state index contributed by atoms with van der Waals surface area (Å²) in [5, 5.41) is 10.6. The van der Waals surface area contributed by atoms with E-state index in [1.165, 1.54) is 25.8 Å². The molecule has 4 N–H and O–H groups in total. The second kappa shape index (κ2) is 19.6. The molecule has 2 aromatic rings. The molecule has 0 fully saturated rings. The number of carbonyl (C=O) groups excluding carboxylic acids is 5. The van der Waals surface area contributed by atoms with Crippen molar-refractivity contribution in [2.45, 2.75) is 110 Å². The van der Waals surface area contributed by atoms with Gasteiger partial charge in [0.2, 0.25) is 17.7 Å². The van der Waals surface area contributed by atoms with Crippen molar-refractivity contribution in [2.24, 2.45) is 0 Å². The molecule has 0 spiro atoms. The molecule has 0 aromatic heterocycles. The zero-order chi connectivity index (χ0) is 39.3. The van der Waals surface area contributed by atoms with E-state index in [4.69, 9.17) is 18.9 Å². The maximum atomic E-state index is 13.9. The monoisotopic (exact) mass is 744 g/mol. The SMILES string of the molecule is COC(=O)C(COC(C)(C)C)NC(=O)C(NC(=O)C(CSCNC(C)=O)NC(=O)OC(C)(C)c1ccc(-c2ccccc2)cc1)C(C)OC(C)(C)C. The van der Waals surface area contributed by atoms with E-state index in [0.717, 1.165) is 16.7 Å². The molecule has 2 rings (SSSR count). The van der Waals surface area contributed by atoms with Gasteiger partial charge in [0, 0.05) is 12.7 Å². The van der Waals surface area contributed by atoms with Gasteiger partial charge in [0.25, 0.3) is 0 Å². The first-order valence-corrected chi connectivity index (χ1v) is 18.3. The summed E-state index contributed by atoms with van der Waals surface area (Å²) in [6, 6.07) is 13.8. The molecule has 2 aromatic carbocycles. The third-order valence-corrected chi connectivity index (χ3v) is 8.34. The first kappa shape index (κ1) is 44.0. The van der Waals surface area contributed by atoms with Crippen molar-refractivity contribution in [1.29, 1.82) is 0 Å². The number of rotatable bonds is 17. The Balaban J connectivity index is 2.31. The summed E-state index contributed by atoms with van der Waals surface area (Å²) in [6.07, 6.45) is -1.76. The van der Waals surface area contributed by atoms with E-state index in [1.807, 2.05) is 54.6 Å². The number of methoxy groups -OCH3 is 1. The molecule has 0 bridgehead atoms. The minimum absolute atomic E-state index is 0.0144. The zero-order valence-electron chi connectivity index (χ0n) is 32.2. The second-order valence-electron chi connectivity index (χ2n) is 14.7. The Hall–Kier alpha value is -4.14. The Morgan fingerprint density at radius 1 is 0.750 bits per heavy atom. The van der Waals surface area contributed by atoms with Crippen molar-refractivity contribution < 1.29 is 42.9 Å². The van der Waals surface area contributed by atoms with Crippen LogP contribution in [0.15, 0.2) is 54.6 Å². The number of hydrogen-bond acceptors (Lipinski definition) is 10. The van der Waals surface area contributed by atoms with E-state index in [-0.39, 0.29) is 24.1 Å². The van der Waals surface area contributed by atoms with Gasteiger partial charge >= 0.3 is 12.1 Å². The number of amides is 4. The predicted octanol–water partition coefficient (Wildman–Crippen LogP) is 4.67. The van der Waals surface area contributed by atoms with Crippen LogP contribution in [0.25, 0.3) is 11.1 Å². The molecular weight excluding hydrogens is 689 g/mol. The molecule has 0 saturated heterocycles. The molecule has 4 atom stereocenters. The summed E-state index contributed by atoms with van der Waals surface area (Å²) in [5.74, 6) is -2.27. The van der Waals surface area contributed by atoms with E-state index in [1.54, 1.807) is 62.3 Å². The summed E-state index contributed by atoms with van der Waals surface area (Å²) >= 11 is 1.18. The summed E-state index contributed by atoms with van der Waals surface area (Å²) in [7, 11) is 1.19. The fourth-order valence-electron chi connectivity index (χ4n) is 4.85. The average Bonchev–Trinajstić information content (AvgIpc) is 3.05. The molecular formula is C38H56N4O9S. The second-order valence-corrected chi connectivity index (χ2v) is 15.7. The van der Waals surface area contributed by atoms with Crippen molar-refractivity contribution in [3.05, 3.63) is 60.2 Å². The van der Waals surface area contributed by atoms with E-state index in [9.17, 15) is 24.0 Å². The van der Waals surface area contributed by atoms with Crippen LogP contribution in [0.2, 0.25) is 0 Å². The number of benzene rings is 2. The first-order chi connectivity index (χ1) is 24.1. The van der Waals surface area contributed by atoms with Gasteiger partial charge in [-0.3, -0.25) is 14.4 Å². The lowest BCUT2D eigenvalue weighted by molar-refractivity contribution is -0.150. The molecule has 0 aliphatic carbocycles. The maximum absolute atomic E-state index is 13.9. The molecule has 0 saturated carbocycles. The van der Waals surface area contributed by atoms with Crippen LogP contribution in [0.4, 0.5) is 4.79 Å². The maximum Gasteiger partial charge on any atom is 0.408 e. The number of hydrogen-bond donors (Lipinski definition) is 4. The topological polar surface area (TPSA) is 170 Å². The van der Waals surface area contributed by atoms with Gasteiger partial charge in [0.1, 0.15) is 17.7 Å². The number of esters is 1. The number of carbonyl (C=O) groups is 5. The van der Waals surface area contributed by atoms with Crippen molar-refractivity contribution in [1.82, 2.24) is 21.3 Å². The molecule has 0 aliphatic heterocycles. The highest BCUT2D eigenvalue weighted by molar-refractivity contribution is 7.99. The zero-order valence-corrected chi connectivity index (χ0v) is 33.0. The lowest BCUT2D eigenvalue weighted by Gasteiger charge is -2.33. The molecule has 0 aliphatic rings. The van der Waals surface area contributed by atoms with Crippen LogP contribution in [0.5, 0.6) is 0 Å². The van der Waals surface area contributed by atoms with Crippen LogP contribution >= 0.6 is 11.8 Å². The molecule has 288 valence electrons. The van der Waals surface area contributed by atoms with E-state index in [2.05, 4.69) is 21.3 Å². The highest BCUT2D eigenvalue weighted by Gasteiger charge is 2.36. The third kappa shape index (κ3) is 15.6. The fourth-order valence-corrected chi connectivity index (χ4v) is 5.74. The van der Waals surface area contributed by atoms with Gasteiger partial charge in [0.05, 0.1) is 36.9 Å². The number of ether oxygens (including phenoxy) is 4. The lowest BCUT2D eigenvalue weighted by atomic mass is 9.95. The fraction of sp³-hybridized carbons (Fsp3) is 0.553. The Morgan fingerprint density at radius 3 is 1.88 bits per heavy atom. The molecule has 0 heterocycles. The van der Waals surface area contributed by atoms with Gasteiger partial charge in [-0.1, -0.05) is 54.6 Å². The molecule has 13 nitrogen and oxygen atoms in total. The Bertz CT molecular complexity index is 1490. The van der Waals surface area contributed by atoms with E-state index < -0.39 is 64.9 Å². The van der Waals surface area contributed by atoms with Gasteiger partial charge in [-0.2, -0.15) is 0 Å². The van der Waals surface area contributed by atoms with Crippen LogP contribution in [0.1, 0.15) is 74.8 Å². The van der Waals surface area contributed by atoms with Gasteiger partial charge in [-0.05, 0) is 79.0 Å².